The van der Waals surface area contributed by atoms with Crippen LogP contribution >= 0.6 is 0 Å². The number of sulfone groups is 1. The van der Waals surface area contributed by atoms with Crippen molar-refractivity contribution >= 4 is 68.0 Å². The van der Waals surface area contributed by atoms with Crippen LogP contribution in [0.25, 0.3) is 0 Å². The Bertz CT molecular complexity index is 3010. The fraction of sp³-hybridized carbons (Fsp3) is 0.627. The van der Waals surface area contributed by atoms with E-state index in [2.05, 4.69) is 52.1 Å². The number of morpholine rings is 2. The van der Waals surface area contributed by atoms with Gasteiger partial charge in [0.1, 0.15) is 46.3 Å². The molecule has 1 aliphatic carbocycles. The number of primary amides is 1. The number of H-pyrrole nitrogens is 1. The molecule has 4 N–H and O–H groups in total. The van der Waals surface area contributed by atoms with E-state index in [-0.39, 0.29) is 58.0 Å². The zero-order chi connectivity index (χ0) is 69.5. The van der Waals surface area contributed by atoms with Gasteiger partial charge in [0.15, 0.2) is 28.9 Å². The number of hydrogen-bond donors (Lipinski definition) is 3. The second-order valence-electron chi connectivity index (χ2n) is 24.3. The molecule has 93 heavy (non-hydrogen) atoms. The normalized spacial score (nSPS) is 17.9. The molecule has 3 atom stereocenters. The summed E-state index contributed by atoms with van der Waals surface area (Å²) in [7, 11) is 3.19. The molecule has 5 aliphatic rings. The highest BCUT2D eigenvalue weighted by atomic mass is 32.2. The summed E-state index contributed by atoms with van der Waals surface area (Å²) in [6, 6.07) is 6.99. The maximum Gasteiger partial charge on any atom is 0.312 e. The van der Waals surface area contributed by atoms with Gasteiger partial charge in [-0.15, -0.1) is 4.68 Å². The lowest BCUT2D eigenvalue weighted by atomic mass is 10.0. The number of hydrogen-bond acceptors (Lipinski definition) is 20. The van der Waals surface area contributed by atoms with Crippen LogP contribution in [0.2, 0.25) is 0 Å². The van der Waals surface area contributed by atoms with Gasteiger partial charge in [0, 0.05) is 166 Å². The molecule has 3 unspecified atom stereocenters. The van der Waals surface area contributed by atoms with Gasteiger partial charge >= 0.3 is 6.03 Å². The van der Waals surface area contributed by atoms with Gasteiger partial charge in [0.25, 0.3) is 0 Å². The van der Waals surface area contributed by atoms with Gasteiger partial charge in [0.05, 0.1) is 49.8 Å². The number of aryl methyl sites for hydroxylation is 5. The smallest absolute Gasteiger partial charge is 0.312 e. The van der Waals surface area contributed by atoms with Crippen LogP contribution in [0.3, 0.4) is 0 Å². The number of pyridine rings is 2. The van der Waals surface area contributed by atoms with Gasteiger partial charge in [-0.05, 0) is 130 Å². The molecule has 26 heteroatoms. The number of carbonyl (C=O) groups excluding carboxylic acids is 9. The minimum atomic E-state index is -2.79. The van der Waals surface area contributed by atoms with Crippen molar-refractivity contribution in [3.05, 3.63) is 89.4 Å². The van der Waals surface area contributed by atoms with E-state index in [0.717, 1.165) is 128 Å². The van der Waals surface area contributed by atoms with E-state index in [4.69, 9.17) is 15.2 Å². The molecule has 4 saturated heterocycles. The molecular formula is C67H107N12O13S+. The number of ether oxygens (including phenoxy) is 2. The third-order valence-corrected chi connectivity index (χ3v) is 17.1. The number of urea groups is 1. The molecule has 4 aliphatic heterocycles. The molecule has 0 aromatic carbocycles. The van der Waals surface area contributed by atoms with Crippen LogP contribution in [-0.4, -0.2) is 217 Å². The number of amides is 2. The summed E-state index contributed by atoms with van der Waals surface area (Å²) in [5.41, 5.74) is 10.1. The molecule has 1 saturated carbocycles. The molecule has 4 aromatic rings. The predicted octanol–water partition coefficient (Wildman–Crippen LogP) is 5.05. The summed E-state index contributed by atoms with van der Waals surface area (Å²) < 4.78 is 36.0. The largest absolute Gasteiger partial charge is 0.379 e. The molecule has 25 nitrogen and oxygen atoms in total. The maximum absolute atomic E-state index is 11.1. The van der Waals surface area contributed by atoms with Gasteiger partial charge in [-0.2, -0.15) is 10.2 Å². The van der Waals surface area contributed by atoms with E-state index in [0.29, 0.717) is 74.5 Å². The second kappa shape index (κ2) is 45.3. The number of anilines is 1. The summed E-state index contributed by atoms with van der Waals surface area (Å²) >= 11 is 0. The zero-order valence-electron chi connectivity index (χ0n) is 57.4. The van der Waals surface area contributed by atoms with Crippen LogP contribution in [0, 0.1) is 18.8 Å². The van der Waals surface area contributed by atoms with Gasteiger partial charge in [-0.1, -0.05) is 6.07 Å². The van der Waals surface area contributed by atoms with E-state index in [1.54, 1.807) is 64.8 Å². The standard InChI is InChI=1S/C11H14N2O2.C9H12N2O.C9H14N2O.C9H18N2O.C9H11NO.C8H15NO2.C7H12O3S.C5H10N2O2/c1-9(14)10-2-3-11(12-8-10)13-4-6-15-7-5-13;1-6(12)8-3-9(8)7-4-10-11(2)5-7;1-7-6-11(3)10-9(7)5-4-8(2)12;1-9(12)3-4-11-7-5-10(2)6-8-11;1-8(11)4-5-9-3-2-6-10-7-9;1-8(10)2-3-9-4-6-11-7-5-9;1-6(8)4-7-2-3-11(9,10)5-7;1-4(8)2-3-7-5(6)9/h2-3,8H,4-7H2,1H3;4-5,8-9H,3H2,1-2H3;6H,4-5H2,1-3H3;3-8H2,1-2H3;2-3,6-7H,4-5H2,1H3;2-7H2,1H3;7H,2-5H2,1H3;2-3H2,1H3,(H3,6,7,9)/p+1. The average molecular weight is 1320 g/mol. The highest BCUT2D eigenvalue weighted by molar-refractivity contribution is 7.91. The topological polar surface area (TPSA) is 321 Å². The molecule has 0 radical (unpaired) electrons. The number of nitrogens with two attached hydrogens (primary N) is 1. The van der Waals surface area contributed by atoms with Crippen LogP contribution in [0.1, 0.15) is 145 Å². The van der Waals surface area contributed by atoms with E-state index in [1.807, 2.05) is 68.6 Å². The molecule has 0 bridgehead atoms. The third-order valence-electron chi connectivity index (χ3n) is 15.3. The lowest BCUT2D eigenvalue weighted by Gasteiger charge is -2.31. The molecule has 8 heterocycles. The lowest BCUT2D eigenvalue weighted by molar-refractivity contribution is -0.727. The second-order valence-corrected chi connectivity index (χ2v) is 26.5. The van der Waals surface area contributed by atoms with Crippen LogP contribution < -0.4 is 20.6 Å². The molecular weight excluding hydrogens is 1210 g/mol. The fourth-order valence-electron chi connectivity index (χ4n) is 9.67. The van der Waals surface area contributed by atoms with Crippen molar-refractivity contribution in [2.24, 2.45) is 31.7 Å². The first kappa shape index (κ1) is 82.0. The van der Waals surface area contributed by atoms with Crippen LogP contribution in [0.5, 0.6) is 0 Å². The van der Waals surface area contributed by atoms with Crippen LogP contribution in [-0.2, 0) is 79.8 Å². The van der Waals surface area contributed by atoms with Crippen LogP contribution in [0.4, 0.5) is 10.6 Å². The molecule has 2 amide bonds. The predicted molar refractivity (Wildman–Crippen MR) is 358 cm³/mol. The van der Waals surface area contributed by atoms with Crippen molar-refractivity contribution in [2.45, 2.75) is 132 Å². The Kier molecular flexibility index (Phi) is 39.9. The number of aromatic amines is 1. The number of nitrogens with zero attached hydrogens (tertiary/aromatic N) is 9. The Morgan fingerprint density at radius 3 is 1.70 bits per heavy atom. The average Bonchev–Trinajstić information content (AvgIpc) is 2.88. The Morgan fingerprint density at radius 1 is 0.699 bits per heavy atom. The summed E-state index contributed by atoms with van der Waals surface area (Å²) in [5.74, 6) is 3.77. The Labute approximate surface area is 551 Å². The minimum Gasteiger partial charge on any atom is -0.379 e. The van der Waals surface area contributed by atoms with Crippen molar-refractivity contribution in [3.8, 4) is 0 Å². The lowest BCUT2D eigenvalue weighted by Crippen LogP contribution is -2.44. The molecule has 5 fully saturated rings. The first-order chi connectivity index (χ1) is 43.9. The van der Waals surface area contributed by atoms with Gasteiger partial charge in [0.2, 0.25) is 0 Å². The minimum absolute atomic E-state index is 0.0451. The first-order valence-corrected chi connectivity index (χ1v) is 33.9. The summed E-state index contributed by atoms with van der Waals surface area (Å²) in [6.45, 7) is 28.3. The summed E-state index contributed by atoms with van der Waals surface area (Å²) in [5, 5.41) is 9.54. The first-order valence-electron chi connectivity index (χ1n) is 32.1. The summed E-state index contributed by atoms with van der Waals surface area (Å²) in [6.07, 6.45) is 17.8. The van der Waals surface area contributed by atoms with Gasteiger partial charge < -0.3 is 49.6 Å². The van der Waals surface area contributed by atoms with Crippen molar-refractivity contribution < 1.29 is 65.7 Å². The number of likely N-dealkylation sites (N-methyl/N-ethyl adjacent to an activating group) is 1. The van der Waals surface area contributed by atoms with E-state index >= 15 is 0 Å². The SMILES string of the molecule is CC(=O)C1CC1c1cnn(C)c1.CC(=O)CC1CCS(=O)(=O)C1.CC(=O)CCN1CCN(C)CC1.CC(=O)CCN1CCOCC1.CC(=O)CCNC(N)=O.CC(=O)CCc1[nH][n+](C)cc1C.CC(=O)CCc1cccnc1.CC(=O)c1ccc(N2CCOCC2)nc1. The highest BCUT2D eigenvalue weighted by Gasteiger charge is 2.42. The number of nitrogens with one attached hydrogen (secondary N) is 2. The van der Waals surface area contributed by atoms with Gasteiger partial charge in [-0.3, -0.25) is 38.5 Å². The number of carbonyl (C=O) groups is 9. The quantitative estimate of drug-likeness (QED) is 0.0726. The summed E-state index contributed by atoms with van der Waals surface area (Å²) in [4.78, 5) is 113. The van der Waals surface area contributed by atoms with E-state index in [9.17, 15) is 51.6 Å². The number of piperazine rings is 1. The van der Waals surface area contributed by atoms with Gasteiger partial charge in [-0.25, -0.2) is 18.2 Å². The van der Waals surface area contributed by atoms with Crippen molar-refractivity contribution in [2.75, 3.05) is 122 Å². The van der Waals surface area contributed by atoms with Crippen molar-refractivity contribution in [3.63, 3.8) is 0 Å². The van der Waals surface area contributed by atoms with Crippen molar-refractivity contribution in [1.82, 2.24) is 44.9 Å². The highest BCUT2D eigenvalue weighted by Crippen LogP contribution is 2.47. The van der Waals surface area contributed by atoms with E-state index in [1.165, 1.54) is 25.0 Å². The number of ketones is 8. The van der Waals surface area contributed by atoms with E-state index < -0.39 is 15.9 Å². The molecule has 4 aromatic heterocycles. The van der Waals surface area contributed by atoms with Crippen LogP contribution in [0.15, 0.2) is 61.4 Å². The maximum atomic E-state index is 11.1. The van der Waals surface area contributed by atoms with Crippen molar-refractivity contribution in [1.29, 1.82) is 0 Å². The Hall–Kier alpha value is -7.10. The fourth-order valence-corrected chi connectivity index (χ4v) is 11.5. The molecule has 9 rings (SSSR count). The Morgan fingerprint density at radius 2 is 1.27 bits per heavy atom. The third kappa shape index (κ3) is 39.9. The molecule has 518 valence electrons. The number of Topliss-reactive ketones (excluding diaryl/α,β-unsaturated/α-hetero) is 8. The monoisotopic (exact) mass is 1320 g/mol. The molecule has 0 spiro atoms. The zero-order valence-corrected chi connectivity index (χ0v) is 58.2. The Balaban J connectivity index is 0.000000363. The number of aromatic nitrogens is 6. The number of rotatable bonds is 21.